The Morgan fingerprint density at radius 2 is 1.87 bits per heavy atom. The van der Waals surface area contributed by atoms with Crippen LogP contribution < -0.4 is 5.32 Å². The van der Waals surface area contributed by atoms with E-state index in [1.54, 1.807) is 0 Å². The van der Waals surface area contributed by atoms with Gasteiger partial charge in [-0.15, -0.1) is 0 Å². The molecule has 1 fully saturated rings. The van der Waals surface area contributed by atoms with E-state index in [-0.39, 0.29) is 0 Å². The molecule has 0 saturated heterocycles. The number of rotatable bonds is 6. The van der Waals surface area contributed by atoms with Gasteiger partial charge in [-0.2, -0.15) is 11.8 Å². The smallest absolute Gasteiger partial charge is 0.00695 e. The maximum Gasteiger partial charge on any atom is 0.00695 e. The predicted octanol–water partition coefficient (Wildman–Crippen LogP) is 3.83. The fourth-order valence-corrected chi connectivity index (χ4v) is 3.15. The largest absolute Gasteiger partial charge is 0.311 e. The lowest BCUT2D eigenvalue weighted by Gasteiger charge is -2.21. The SMILES string of the molecule is CCSCCC(C)NC1CCCCCC1. The van der Waals surface area contributed by atoms with Gasteiger partial charge in [-0.05, 0) is 37.7 Å². The Hall–Kier alpha value is 0.310. The highest BCUT2D eigenvalue weighted by molar-refractivity contribution is 7.99. The molecule has 1 saturated carbocycles. The maximum absolute atomic E-state index is 3.80. The molecule has 15 heavy (non-hydrogen) atoms. The highest BCUT2D eigenvalue weighted by atomic mass is 32.2. The summed E-state index contributed by atoms with van der Waals surface area (Å²) in [4.78, 5) is 0. The molecule has 1 atom stereocenters. The molecule has 0 amide bonds. The van der Waals surface area contributed by atoms with Crippen LogP contribution >= 0.6 is 11.8 Å². The molecule has 2 heteroatoms. The molecule has 1 aliphatic carbocycles. The Kier molecular flexibility index (Phi) is 7.54. The van der Waals surface area contributed by atoms with Crippen molar-refractivity contribution in [2.75, 3.05) is 11.5 Å². The minimum atomic E-state index is 0.715. The Bertz CT molecular complexity index is 141. The first-order valence-electron chi connectivity index (χ1n) is 6.66. The van der Waals surface area contributed by atoms with E-state index < -0.39 is 0 Å². The van der Waals surface area contributed by atoms with Crippen molar-refractivity contribution in [3.8, 4) is 0 Å². The zero-order valence-corrected chi connectivity index (χ0v) is 11.2. The van der Waals surface area contributed by atoms with E-state index in [1.165, 1.54) is 56.5 Å². The van der Waals surface area contributed by atoms with Gasteiger partial charge in [-0.3, -0.25) is 0 Å². The van der Waals surface area contributed by atoms with E-state index in [4.69, 9.17) is 0 Å². The molecule has 0 aromatic rings. The summed E-state index contributed by atoms with van der Waals surface area (Å²) in [6, 6.07) is 1.53. The molecule has 1 aliphatic rings. The van der Waals surface area contributed by atoms with Crippen LogP contribution in [0, 0.1) is 0 Å². The van der Waals surface area contributed by atoms with Crippen molar-refractivity contribution in [2.24, 2.45) is 0 Å². The van der Waals surface area contributed by atoms with Gasteiger partial charge >= 0.3 is 0 Å². The molecule has 0 radical (unpaired) electrons. The van der Waals surface area contributed by atoms with Gasteiger partial charge in [0.2, 0.25) is 0 Å². The van der Waals surface area contributed by atoms with Crippen LogP contribution in [0.4, 0.5) is 0 Å². The van der Waals surface area contributed by atoms with Crippen molar-refractivity contribution < 1.29 is 0 Å². The number of nitrogens with one attached hydrogen (secondary N) is 1. The van der Waals surface area contributed by atoms with E-state index in [9.17, 15) is 0 Å². The third-order valence-corrected chi connectivity index (χ3v) is 4.21. The van der Waals surface area contributed by atoms with E-state index in [0.717, 1.165) is 6.04 Å². The number of hydrogen-bond acceptors (Lipinski definition) is 2. The fraction of sp³-hybridized carbons (Fsp3) is 1.00. The standard InChI is InChI=1S/C13H27NS/c1-3-15-11-10-12(2)14-13-8-6-4-5-7-9-13/h12-14H,3-11H2,1-2H3. The molecule has 1 N–H and O–H groups in total. The van der Waals surface area contributed by atoms with Crippen molar-refractivity contribution >= 4 is 11.8 Å². The lowest BCUT2D eigenvalue weighted by atomic mass is 10.1. The van der Waals surface area contributed by atoms with E-state index in [0.29, 0.717) is 6.04 Å². The monoisotopic (exact) mass is 229 g/mol. The van der Waals surface area contributed by atoms with Gasteiger partial charge in [-0.25, -0.2) is 0 Å². The predicted molar refractivity (Wildman–Crippen MR) is 71.7 cm³/mol. The highest BCUT2D eigenvalue weighted by Crippen LogP contribution is 2.18. The zero-order chi connectivity index (χ0) is 10.9. The number of hydrogen-bond donors (Lipinski definition) is 1. The summed E-state index contributed by atoms with van der Waals surface area (Å²) in [6.45, 7) is 4.59. The molecule has 0 spiro atoms. The summed E-state index contributed by atoms with van der Waals surface area (Å²) in [5.74, 6) is 2.58. The van der Waals surface area contributed by atoms with Crippen LogP contribution in [0.2, 0.25) is 0 Å². The molecule has 90 valence electrons. The van der Waals surface area contributed by atoms with Crippen LogP contribution in [0.1, 0.15) is 58.8 Å². The van der Waals surface area contributed by atoms with Crippen LogP contribution in [0.25, 0.3) is 0 Å². The molecule has 0 aliphatic heterocycles. The van der Waals surface area contributed by atoms with Gasteiger partial charge in [0, 0.05) is 12.1 Å². The van der Waals surface area contributed by atoms with E-state index in [2.05, 4.69) is 30.9 Å². The summed E-state index contributed by atoms with van der Waals surface area (Å²) in [5, 5.41) is 3.80. The fourth-order valence-electron chi connectivity index (χ4n) is 2.34. The Morgan fingerprint density at radius 1 is 1.20 bits per heavy atom. The van der Waals surface area contributed by atoms with Gasteiger partial charge in [0.05, 0.1) is 0 Å². The molecule has 1 nitrogen and oxygen atoms in total. The average molecular weight is 229 g/mol. The highest BCUT2D eigenvalue weighted by Gasteiger charge is 2.13. The van der Waals surface area contributed by atoms with Crippen molar-refractivity contribution in [3.05, 3.63) is 0 Å². The third kappa shape index (κ3) is 6.47. The van der Waals surface area contributed by atoms with E-state index >= 15 is 0 Å². The first kappa shape index (κ1) is 13.4. The average Bonchev–Trinajstić information content (AvgIpc) is 2.47. The lowest BCUT2D eigenvalue weighted by molar-refractivity contribution is 0.402. The van der Waals surface area contributed by atoms with Crippen LogP contribution in [-0.2, 0) is 0 Å². The summed E-state index contributed by atoms with van der Waals surface area (Å²) >= 11 is 2.06. The van der Waals surface area contributed by atoms with Gasteiger partial charge in [0.15, 0.2) is 0 Å². The zero-order valence-electron chi connectivity index (χ0n) is 10.4. The molecule has 0 aromatic heterocycles. The van der Waals surface area contributed by atoms with Crippen molar-refractivity contribution in [3.63, 3.8) is 0 Å². The minimum absolute atomic E-state index is 0.715. The van der Waals surface area contributed by atoms with Crippen LogP contribution in [0.15, 0.2) is 0 Å². The summed E-state index contributed by atoms with van der Waals surface area (Å²) in [7, 11) is 0. The molecule has 0 aromatic carbocycles. The second-order valence-corrected chi connectivity index (χ2v) is 6.14. The summed E-state index contributed by atoms with van der Waals surface area (Å²) in [5.41, 5.74) is 0. The van der Waals surface area contributed by atoms with Gasteiger partial charge in [0.25, 0.3) is 0 Å². The van der Waals surface area contributed by atoms with E-state index in [1.807, 2.05) is 0 Å². The van der Waals surface area contributed by atoms with Crippen molar-refractivity contribution in [2.45, 2.75) is 70.9 Å². The molecule has 0 bridgehead atoms. The minimum Gasteiger partial charge on any atom is -0.311 e. The van der Waals surface area contributed by atoms with Crippen molar-refractivity contribution in [1.82, 2.24) is 5.32 Å². The molecular formula is C13H27NS. The van der Waals surface area contributed by atoms with Gasteiger partial charge in [-0.1, -0.05) is 32.6 Å². The normalized spacial score (nSPS) is 21.2. The second kappa shape index (κ2) is 8.46. The molecule has 0 heterocycles. The summed E-state index contributed by atoms with van der Waals surface area (Å²) in [6.07, 6.45) is 9.93. The Balaban J connectivity index is 2.09. The van der Waals surface area contributed by atoms with Gasteiger partial charge in [0.1, 0.15) is 0 Å². The van der Waals surface area contributed by atoms with Gasteiger partial charge < -0.3 is 5.32 Å². The maximum atomic E-state index is 3.80. The number of thioether (sulfide) groups is 1. The first-order valence-corrected chi connectivity index (χ1v) is 7.82. The summed E-state index contributed by atoms with van der Waals surface area (Å²) < 4.78 is 0. The molecule has 1 rings (SSSR count). The molecule has 1 unspecified atom stereocenters. The third-order valence-electron chi connectivity index (χ3n) is 3.27. The van der Waals surface area contributed by atoms with Crippen LogP contribution in [-0.4, -0.2) is 23.6 Å². The van der Waals surface area contributed by atoms with Crippen molar-refractivity contribution in [1.29, 1.82) is 0 Å². The first-order chi connectivity index (χ1) is 7.33. The Morgan fingerprint density at radius 3 is 2.47 bits per heavy atom. The topological polar surface area (TPSA) is 12.0 Å². The molecular weight excluding hydrogens is 202 g/mol. The lowest BCUT2D eigenvalue weighted by Crippen LogP contribution is -2.36. The quantitative estimate of drug-likeness (QED) is 0.549. The van der Waals surface area contributed by atoms with Crippen LogP contribution in [0.5, 0.6) is 0 Å². The Labute approximate surface area is 99.8 Å². The second-order valence-electron chi connectivity index (χ2n) is 4.74. The van der Waals surface area contributed by atoms with Crippen LogP contribution in [0.3, 0.4) is 0 Å².